The molecule has 1 aromatic carbocycles. The van der Waals surface area contributed by atoms with Crippen molar-refractivity contribution in [1.82, 2.24) is 4.98 Å². The van der Waals surface area contributed by atoms with Crippen LogP contribution in [0.4, 0.5) is 8.78 Å². The molecule has 2 aromatic heterocycles. The van der Waals surface area contributed by atoms with Gasteiger partial charge < -0.3 is 19.0 Å². The number of hydrogen-bond donors (Lipinski definition) is 1. The normalized spacial score (nSPS) is 11.6. The third-order valence-electron chi connectivity index (χ3n) is 4.85. The van der Waals surface area contributed by atoms with Crippen molar-refractivity contribution in [3.05, 3.63) is 85.4 Å². The molecule has 0 atom stereocenters. The zero-order valence-electron chi connectivity index (χ0n) is 19.5. The fourth-order valence-electron chi connectivity index (χ4n) is 3.03. The van der Waals surface area contributed by atoms with Crippen LogP contribution in [0.1, 0.15) is 40.8 Å². The Morgan fingerprint density at radius 1 is 1.24 bits per heavy atom. The number of methoxy groups -OCH3 is 1. The summed E-state index contributed by atoms with van der Waals surface area (Å²) < 4.78 is 41.5. The van der Waals surface area contributed by atoms with E-state index < -0.39 is 40.3 Å². The number of carbonyl (C=O) groups is 2. The molecule has 8 nitrogen and oxygen atoms in total. The van der Waals surface area contributed by atoms with Gasteiger partial charge >= 0.3 is 11.6 Å². The summed E-state index contributed by atoms with van der Waals surface area (Å²) in [6.07, 6.45) is 5.53. The van der Waals surface area contributed by atoms with Crippen molar-refractivity contribution in [2.75, 3.05) is 7.11 Å². The van der Waals surface area contributed by atoms with Crippen molar-refractivity contribution in [2.24, 2.45) is 0 Å². The van der Waals surface area contributed by atoms with Crippen molar-refractivity contribution in [2.45, 2.75) is 26.2 Å². The molecule has 194 valence electrons. The molecule has 3 aromatic rings. The number of carbonyl (C=O) groups excluding carboxylic acids is 2. The lowest BCUT2D eigenvalue weighted by Crippen LogP contribution is -2.16. The molecule has 0 aliphatic carbocycles. The number of unbranched alkanes of at least 4 members (excludes halogenated alkanes) is 1. The highest BCUT2D eigenvalue weighted by Crippen LogP contribution is 2.34. The fourth-order valence-corrected chi connectivity index (χ4v) is 4.16. The van der Waals surface area contributed by atoms with E-state index in [2.05, 4.69) is 9.72 Å². The molecule has 0 aliphatic rings. The number of esters is 1. The van der Waals surface area contributed by atoms with Crippen LogP contribution in [-0.2, 0) is 16.0 Å². The summed E-state index contributed by atoms with van der Waals surface area (Å²) in [6.45, 7) is 1.41. The highest BCUT2D eigenvalue weighted by atomic mass is 35.5. The summed E-state index contributed by atoms with van der Waals surface area (Å²) in [5.41, 5.74) is -1.49. The molecular weight excluding hydrogens is 532 g/mol. The number of allylic oxidation sites excluding steroid dienone is 2. The van der Waals surface area contributed by atoms with Crippen LogP contribution >= 0.6 is 22.9 Å². The number of nitrogens with zero attached hydrogens (tertiary/aromatic N) is 1. The lowest BCUT2D eigenvalue weighted by Gasteiger charge is -2.05. The number of ketones is 1. The lowest BCUT2D eigenvalue weighted by atomic mass is 10.0. The number of aromatic hydroxyl groups is 1. The third kappa shape index (κ3) is 7.34. The van der Waals surface area contributed by atoms with Crippen LogP contribution < -0.4 is 10.4 Å². The van der Waals surface area contributed by atoms with Gasteiger partial charge in [-0.2, -0.15) is 4.98 Å². The monoisotopic (exact) mass is 551 g/mol. The molecule has 0 fully saturated rings. The minimum absolute atomic E-state index is 0.00486. The van der Waals surface area contributed by atoms with Gasteiger partial charge in [-0.15, -0.1) is 0 Å². The number of thiazole rings is 1. The van der Waals surface area contributed by atoms with Crippen molar-refractivity contribution in [3.63, 3.8) is 0 Å². The molecular formula is C25H20ClF2NO7S. The number of Topliss-reactive ketones (excluding diaryl/α,β-unsaturated/α-hetero) is 1. The second-order valence-corrected chi connectivity index (χ2v) is 8.90. The molecule has 1 N–H and O–H groups in total. The van der Waals surface area contributed by atoms with Crippen LogP contribution in [0, 0.1) is 11.6 Å². The van der Waals surface area contributed by atoms with Gasteiger partial charge in [-0.25, -0.2) is 18.4 Å². The number of ether oxygens (including phenoxy) is 2. The average Bonchev–Trinajstić information content (AvgIpc) is 3.18. The summed E-state index contributed by atoms with van der Waals surface area (Å²) in [5, 5.41) is 10.3. The molecule has 2 heterocycles. The number of aromatic nitrogens is 1. The zero-order valence-corrected chi connectivity index (χ0v) is 21.1. The van der Waals surface area contributed by atoms with Crippen LogP contribution in [0.15, 0.2) is 51.2 Å². The predicted molar refractivity (Wildman–Crippen MR) is 132 cm³/mol. The maximum atomic E-state index is 13.4. The largest absolute Gasteiger partial charge is 0.507 e. The number of halogens is 3. The minimum atomic E-state index is -1.10. The van der Waals surface area contributed by atoms with Crippen LogP contribution in [0.2, 0.25) is 5.15 Å². The Hall–Kier alpha value is -3.83. The standard InChI is InChI=1S/C25H20ClF2NO7S/c1-13(10-19-23(26)29-25(37-19)36-15-8-9-16(27)17(28)11-15)22(32)21-18(30)12-14(35-24(21)33)6-4-3-5-7-20(31)34-2/h5,7-12,30H,3-4,6H2,1-2H3/b7-5+,13-10+. The van der Waals surface area contributed by atoms with Crippen molar-refractivity contribution < 1.29 is 37.4 Å². The van der Waals surface area contributed by atoms with Crippen molar-refractivity contribution in [1.29, 1.82) is 0 Å². The van der Waals surface area contributed by atoms with E-state index in [0.717, 1.165) is 23.5 Å². The van der Waals surface area contributed by atoms with E-state index in [1.807, 2.05) is 0 Å². The van der Waals surface area contributed by atoms with E-state index in [1.54, 1.807) is 6.08 Å². The quantitative estimate of drug-likeness (QED) is 0.144. The number of aryl methyl sites for hydroxylation is 1. The Morgan fingerprint density at radius 3 is 2.68 bits per heavy atom. The highest BCUT2D eigenvalue weighted by Gasteiger charge is 2.21. The van der Waals surface area contributed by atoms with Gasteiger partial charge in [-0.3, -0.25) is 4.79 Å². The maximum Gasteiger partial charge on any atom is 0.351 e. The van der Waals surface area contributed by atoms with Crippen LogP contribution in [0.3, 0.4) is 0 Å². The van der Waals surface area contributed by atoms with Gasteiger partial charge in [0.25, 0.3) is 5.19 Å². The van der Waals surface area contributed by atoms with Gasteiger partial charge in [0.15, 0.2) is 22.6 Å². The number of benzene rings is 1. The first-order valence-electron chi connectivity index (χ1n) is 10.7. The van der Waals surface area contributed by atoms with E-state index in [-0.39, 0.29) is 33.9 Å². The molecule has 0 saturated heterocycles. The first-order valence-corrected chi connectivity index (χ1v) is 11.9. The molecule has 0 saturated carbocycles. The van der Waals surface area contributed by atoms with E-state index in [0.29, 0.717) is 17.7 Å². The van der Waals surface area contributed by atoms with Gasteiger partial charge in [-0.05, 0) is 43.5 Å². The third-order valence-corrected chi connectivity index (χ3v) is 6.13. The number of rotatable bonds is 10. The average molecular weight is 552 g/mol. The van der Waals surface area contributed by atoms with E-state index in [1.165, 1.54) is 38.3 Å². The Kier molecular flexibility index (Phi) is 9.31. The summed E-state index contributed by atoms with van der Waals surface area (Å²) in [5.74, 6) is -3.76. The number of hydrogen-bond acceptors (Lipinski definition) is 9. The molecule has 0 radical (unpaired) electrons. The first kappa shape index (κ1) is 27.8. The van der Waals surface area contributed by atoms with E-state index in [4.69, 9.17) is 20.8 Å². The predicted octanol–water partition coefficient (Wildman–Crippen LogP) is 5.86. The van der Waals surface area contributed by atoms with Gasteiger partial charge in [-0.1, -0.05) is 29.0 Å². The Bertz CT molecular complexity index is 1450. The van der Waals surface area contributed by atoms with Crippen LogP contribution in [0.25, 0.3) is 6.08 Å². The lowest BCUT2D eigenvalue weighted by molar-refractivity contribution is -0.134. The summed E-state index contributed by atoms with van der Waals surface area (Å²) in [4.78, 5) is 40.6. The summed E-state index contributed by atoms with van der Waals surface area (Å²) >= 11 is 7.04. The maximum absolute atomic E-state index is 13.4. The Labute approximate surface area is 218 Å². The zero-order chi connectivity index (χ0) is 27.1. The van der Waals surface area contributed by atoms with Crippen LogP contribution in [0.5, 0.6) is 16.7 Å². The van der Waals surface area contributed by atoms with Gasteiger partial charge in [0.2, 0.25) is 0 Å². The molecule has 0 bridgehead atoms. The summed E-state index contributed by atoms with van der Waals surface area (Å²) in [6, 6.07) is 4.15. The van der Waals surface area contributed by atoms with Gasteiger partial charge in [0, 0.05) is 24.6 Å². The van der Waals surface area contributed by atoms with Crippen LogP contribution in [-0.4, -0.2) is 29.0 Å². The van der Waals surface area contributed by atoms with Gasteiger partial charge in [0.1, 0.15) is 22.8 Å². The highest BCUT2D eigenvalue weighted by molar-refractivity contribution is 7.14. The molecule has 12 heteroatoms. The molecule has 0 unspecified atom stereocenters. The molecule has 0 aliphatic heterocycles. The van der Waals surface area contributed by atoms with Crippen molar-refractivity contribution >= 4 is 40.8 Å². The van der Waals surface area contributed by atoms with E-state index >= 15 is 0 Å². The second kappa shape index (κ2) is 12.4. The van der Waals surface area contributed by atoms with Gasteiger partial charge in [0.05, 0.1) is 12.0 Å². The smallest absolute Gasteiger partial charge is 0.351 e. The fraction of sp³-hybridized carbons (Fsp3) is 0.200. The molecule has 37 heavy (non-hydrogen) atoms. The summed E-state index contributed by atoms with van der Waals surface area (Å²) in [7, 11) is 1.26. The molecule has 3 rings (SSSR count). The Morgan fingerprint density at radius 2 is 2.00 bits per heavy atom. The molecule has 0 amide bonds. The molecule has 0 spiro atoms. The Balaban J connectivity index is 1.72. The SMILES string of the molecule is COC(=O)/C=C/CCCc1cc(O)c(C(=O)/C(C)=C/c2sc(Oc3ccc(F)c(F)c3)nc2Cl)c(=O)o1. The topological polar surface area (TPSA) is 116 Å². The first-order chi connectivity index (χ1) is 17.6. The van der Waals surface area contributed by atoms with E-state index in [9.17, 15) is 28.3 Å². The second-order valence-electron chi connectivity index (χ2n) is 7.55. The van der Waals surface area contributed by atoms with Crippen molar-refractivity contribution in [3.8, 4) is 16.7 Å². The minimum Gasteiger partial charge on any atom is -0.507 e.